The maximum absolute atomic E-state index is 5.92. The van der Waals surface area contributed by atoms with Crippen LogP contribution in [0.25, 0.3) is 22.0 Å². The van der Waals surface area contributed by atoms with Gasteiger partial charge in [-0.1, -0.05) is 36.4 Å². The molecule has 1 aromatic heterocycles. The minimum absolute atomic E-state index is 0.791. The minimum atomic E-state index is 0.791. The van der Waals surface area contributed by atoms with Gasteiger partial charge in [0.05, 0.1) is 11.2 Å². The van der Waals surface area contributed by atoms with Crippen molar-refractivity contribution in [2.45, 2.75) is 0 Å². The minimum Gasteiger partial charge on any atom is -0.397 e. The van der Waals surface area contributed by atoms with Crippen LogP contribution in [0.1, 0.15) is 0 Å². The smallest absolute Gasteiger partial charge is 0.0693 e. The molecule has 0 radical (unpaired) electrons. The SMILES string of the molecule is Nc1ccc(-c2ccccc2)c2cc[nH]c12. The molecule has 0 aliphatic carbocycles. The Bertz CT molecular complexity index is 624. The van der Waals surface area contributed by atoms with E-state index in [1.165, 1.54) is 16.5 Å². The first-order valence-electron chi connectivity index (χ1n) is 5.27. The fraction of sp³-hybridized carbons (Fsp3) is 0. The Labute approximate surface area is 93.7 Å². The topological polar surface area (TPSA) is 41.8 Å². The van der Waals surface area contributed by atoms with Gasteiger partial charge >= 0.3 is 0 Å². The van der Waals surface area contributed by atoms with Crippen LogP contribution in [0.2, 0.25) is 0 Å². The van der Waals surface area contributed by atoms with E-state index in [0.29, 0.717) is 0 Å². The zero-order valence-electron chi connectivity index (χ0n) is 8.77. The second-order valence-corrected chi connectivity index (χ2v) is 3.83. The van der Waals surface area contributed by atoms with E-state index in [2.05, 4.69) is 29.2 Å². The summed E-state index contributed by atoms with van der Waals surface area (Å²) in [6.45, 7) is 0. The molecule has 0 aliphatic heterocycles. The molecule has 1 heterocycles. The van der Waals surface area contributed by atoms with Crippen LogP contribution >= 0.6 is 0 Å². The molecule has 3 aromatic rings. The highest BCUT2D eigenvalue weighted by molar-refractivity contribution is 6.00. The van der Waals surface area contributed by atoms with Crippen LogP contribution in [0.4, 0.5) is 5.69 Å². The largest absolute Gasteiger partial charge is 0.397 e. The second kappa shape index (κ2) is 3.42. The van der Waals surface area contributed by atoms with Crippen molar-refractivity contribution in [3.05, 3.63) is 54.7 Å². The van der Waals surface area contributed by atoms with E-state index in [4.69, 9.17) is 5.73 Å². The summed E-state index contributed by atoms with van der Waals surface area (Å²) in [7, 11) is 0. The molecule has 0 unspecified atom stereocenters. The number of nitrogen functional groups attached to an aromatic ring is 1. The molecule has 0 saturated carbocycles. The van der Waals surface area contributed by atoms with Crippen molar-refractivity contribution in [1.82, 2.24) is 4.98 Å². The second-order valence-electron chi connectivity index (χ2n) is 3.83. The van der Waals surface area contributed by atoms with Gasteiger partial charge in [-0.15, -0.1) is 0 Å². The van der Waals surface area contributed by atoms with Crippen LogP contribution in [0.3, 0.4) is 0 Å². The first-order valence-corrected chi connectivity index (χ1v) is 5.27. The number of H-pyrrole nitrogens is 1. The highest BCUT2D eigenvalue weighted by Crippen LogP contribution is 2.30. The fourth-order valence-corrected chi connectivity index (χ4v) is 2.05. The molecule has 2 nitrogen and oxygen atoms in total. The molecule has 16 heavy (non-hydrogen) atoms. The summed E-state index contributed by atoms with van der Waals surface area (Å²) >= 11 is 0. The summed E-state index contributed by atoms with van der Waals surface area (Å²) in [6.07, 6.45) is 1.92. The summed E-state index contributed by atoms with van der Waals surface area (Å²) in [5, 5.41) is 1.17. The first kappa shape index (κ1) is 9.04. The average molecular weight is 208 g/mol. The highest BCUT2D eigenvalue weighted by Gasteiger charge is 2.06. The van der Waals surface area contributed by atoms with Gasteiger partial charge in [-0.2, -0.15) is 0 Å². The highest BCUT2D eigenvalue weighted by atomic mass is 14.7. The quantitative estimate of drug-likeness (QED) is 0.591. The number of aromatic nitrogens is 1. The van der Waals surface area contributed by atoms with E-state index >= 15 is 0 Å². The molecule has 0 saturated heterocycles. The molecular formula is C14H12N2. The molecular weight excluding hydrogens is 196 g/mol. The first-order chi connectivity index (χ1) is 7.86. The third kappa shape index (κ3) is 1.27. The van der Waals surface area contributed by atoms with Gasteiger partial charge in [0.1, 0.15) is 0 Å². The van der Waals surface area contributed by atoms with E-state index in [1.807, 2.05) is 30.5 Å². The standard InChI is InChI=1S/C14H12N2/c15-13-7-6-11(10-4-2-1-3-5-10)12-8-9-16-14(12)13/h1-9,16H,15H2. The number of fused-ring (bicyclic) bond motifs is 1. The van der Waals surface area contributed by atoms with E-state index in [-0.39, 0.29) is 0 Å². The monoisotopic (exact) mass is 208 g/mol. The summed E-state index contributed by atoms with van der Waals surface area (Å²) < 4.78 is 0. The number of hydrogen-bond donors (Lipinski definition) is 2. The summed E-state index contributed by atoms with van der Waals surface area (Å²) in [4.78, 5) is 3.17. The maximum atomic E-state index is 5.92. The fourth-order valence-electron chi connectivity index (χ4n) is 2.05. The number of nitrogens with two attached hydrogens (primary N) is 1. The van der Waals surface area contributed by atoms with Crippen LogP contribution in [-0.2, 0) is 0 Å². The van der Waals surface area contributed by atoms with Gasteiger partial charge in [0.15, 0.2) is 0 Å². The van der Waals surface area contributed by atoms with Crippen molar-refractivity contribution in [3.8, 4) is 11.1 Å². The predicted octanol–water partition coefficient (Wildman–Crippen LogP) is 3.42. The van der Waals surface area contributed by atoms with Crippen molar-refractivity contribution in [1.29, 1.82) is 0 Å². The normalized spacial score (nSPS) is 10.8. The van der Waals surface area contributed by atoms with Crippen molar-refractivity contribution in [3.63, 3.8) is 0 Å². The third-order valence-corrected chi connectivity index (χ3v) is 2.84. The number of hydrogen-bond acceptors (Lipinski definition) is 1. The number of rotatable bonds is 1. The maximum Gasteiger partial charge on any atom is 0.0693 e. The Morgan fingerprint density at radius 3 is 2.50 bits per heavy atom. The van der Waals surface area contributed by atoms with Crippen LogP contribution in [0.5, 0.6) is 0 Å². The molecule has 0 aliphatic rings. The zero-order valence-corrected chi connectivity index (χ0v) is 8.77. The van der Waals surface area contributed by atoms with E-state index in [1.54, 1.807) is 0 Å². The Balaban J connectivity index is 2.33. The molecule has 2 aromatic carbocycles. The third-order valence-electron chi connectivity index (χ3n) is 2.84. The Morgan fingerprint density at radius 1 is 0.875 bits per heavy atom. The number of nitrogens with one attached hydrogen (secondary N) is 1. The molecule has 0 atom stereocenters. The van der Waals surface area contributed by atoms with Gasteiger partial charge in [0.2, 0.25) is 0 Å². The molecule has 0 amide bonds. The van der Waals surface area contributed by atoms with E-state index in [9.17, 15) is 0 Å². The van der Waals surface area contributed by atoms with Gasteiger partial charge in [0.25, 0.3) is 0 Å². The van der Waals surface area contributed by atoms with Gasteiger partial charge < -0.3 is 10.7 Å². The molecule has 0 bridgehead atoms. The summed E-state index contributed by atoms with van der Waals surface area (Å²) in [5.74, 6) is 0. The van der Waals surface area contributed by atoms with Gasteiger partial charge in [-0.3, -0.25) is 0 Å². The van der Waals surface area contributed by atoms with Crippen molar-refractivity contribution in [2.24, 2.45) is 0 Å². The van der Waals surface area contributed by atoms with Crippen molar-refractivity contribution >= 4 is 16.6 Å². The van der Waals surface area contributed by atoms with Crippen LogP contribution in [0, 0.1) is 0 Å². The molecule has 3 rings (SSSR count). The van der Waals surface area contributed by atoms with Gasteiger partial charge in [0, 0.05) is 11.6 Å². The Hall–Kier alpha value is -2.22. The Morgan fingerprint density at radius 2 is 1.69 bits per heavy atom. The molecule has 2 heteroatoms. The zero-order chi connectivity index (χ0) is 11.0. The van der Waals surface area contributed by atoms with Crippen LogP contribution < -0.4 is 5.73 Å². The lowest BCUT2D eigenvalue weighted by molar-refractivity contribution is 1.48. The van der Waals surface area contributed by atoms with E-state index < -0.39 is 0 Å². The predicted molar refractivity (Wildman–Crippen MR) is 68.1 cm³/mol. The van der Waals surface area contributed by atoms with Crippen LogP contribution in [-0.4, -0.2) is 4.98 Å². The van der Waals surface area contributed by atoms with Crippen molar-refractivity contribution in [2.75, 3.05) is 5.73 Å². The number of aromatic amines is 1. The van der Waals surface area contributed by atoms with E-state index in [0.717, 1.165) is 11.2 Å². The summed E-state index contributed by atoms with van der Waals surface area (Å²) in [5.41, 5.74) is 10.2. The van der Waals surface area contributed by atoms with Crippen LogP contribution in [0.15, 0.2) is 54.7 Å². The average Bonchev–Trinajstić information content (AvgIpc) is 2.81. The van der Waals surface area contributed by atoms with Crippen molar-refractivity contribution < 1.29 is 0 Å². The molecule has 0 spiro atoms. The number of benzene rings is 2. The van der Waals surface area contributed by atoms with Gasteiger partial charge in [-0.05, 0) is 23.3 Å². The molecule has 0 fully saturated rings. The molecule has 3 N–H and O–H groups in total. The Kier molecular flexibility index (Phi) is 1.93. The lowest BCUT2D eigenvalue weighted by Gasteiger charge is -2.05. The lowest BCUT2D eigenvalue weighted by Crippen LogP contribution is -1.87. The van der Waals surface area contributed by atoms with Gasteiger partial charge in [-0.25, -0.2) is 0 Å². The number of anilines is 1. The summed E-state index contributed by atoms with van der Waals surface area (Å²) in [6, 6.07) is 16.4. The lowest BCUT2D eigenvalue weighted by atomic mass is 10.0. The molecule has 78 valence electrons.